The number of benzene rings is 1. The zero-order valence-corrected chi connectivity index (χ0v) is 12.8. The highest BCUT2D eigenvalue weighted by Crippen LogP contribution is 2.69. The lowest BCUT2D eigenvalue weighted by Crippen LogP contribution is -2.54. The maximum atomic E-state index is 13.2. The van der Waals surface area contributed by atoms with Crippen molar-refractivity contribution in [2.75, 3.05) is 4.90 Å². The van der Waals surface area contributed by atoms with E-state index < -0.39 is 11.8 Å². The van der Waals surface area contributed by atoms with E-state index in [2.05, 4.69) is 13.8 Å². The average Bonchev–Trinajstić information content (AvgIpc) is 3.16. The monoisotopic (exact) mass is 299 g/mol. The molecule has 22 heavy (non-hydrogen) atoms. The second-order valence-corrected chi connectivity index (χ2v) is 7.60. The quantitative estimate of drug-likeness (QED) is 0.909. The van der Waals surface area contributed by atoms with Gasteiger partial charge in [0, 0.05) is 17.5 Å². The van der Waals surface area contributed by atoms with Gasteiger partial charge in [0.05, 0.1) is 18.1 Å². The molecule has 0 radical (unpaired) electrons. The molecule has 2 heterocycles. The molecule has 2 aliphatic carbocycles. The first kappa shape index (κ1) is 13.1. The van der Waals surface area contributed by atoms with Crippen LogP contribution in [-0.4, -0.2) is 28.9 Å². The fraction of sp³-hybridized carbons (Fsp3) is 0.611. The molecule has 4 fully saturated rings. The van der Waals surface area contributed by atoms with Crippen molar-refractivity contribution in [3.63, 3.8) is 0 Å². The number of anilines is 1. The maximum absolute atomic E-state index is 13.2. The van der Waals surface area contributed by atoms with Crippen molar-refractivity contribution in [2.24, 2.45) is 29.6 Å². The van der Waals surface area contributed by atoms with Crippen LogP contribution in [0.5, 0.6) is 0 Å². The molecular formula is C18H21NO3. The van der Waals surface area contributed by atoms with Gasteiger partial charge in [-0.2, -0.15) is 0 Å². The third-order valence-electron chi connectivity index (χ3n) is 6.55. The molecule has 1 aromatic carbocycles. The second kappa shape index (κ2) is 3.92. The number of carbonyl (C=O) groups excluding carboxylic acids is 1. The van der Waals surface area contributed by atoms with E-state index in [0.29, 0.717) is 5.92 Å². The Labute approximate surface area is 130 Å². The van der Waals surface area contributed by atoms with Crippen molar-refractivity contribution in [1.82, 2.24) is 0 Å². The zero-order valence-electron chi connectivity index (χ0n) is 12.8. The predicted octanol–water partition coefficient (Wildman–Crippen LogP) is 2.03. The highest BCUT2D eigenvalue weighted by Gasteiger charge is 2.79. The summed E-state index contributed by atoms with van der Waals surface area (Å²) in [5.74, 6) is 0.935. The minimum absolute atomic E-state index is 0.0682. The summed E-state index contributed by atoms with van der Waals surface area (Å²) >= 11 is 0. The summed E-state index contributed by atoms with van der Waals surface area (Å²) in [5.41, 5.74) is 0.343. The largest absolute Gasteiger partial charge is 0.390 e. The number of aliphatic hydroxyl groups excluding tert-OH is 1. The molecule has 1 aromatic rings. The molecule has 1 amide bonds. The first-order valence-corrected chi connectivity index (χ1v) is 8.32. The number of ether oxygens (including phenoxy) is 1. The maximum Gasteiger partial charge on any atom is 0.233 e. The summed E-state index contributed by atoms with van der Waals surface area (Å²) in [7, 11) is 0. The third-order valence-corrected chi connectivity index (χ3v) is 6.55. The number of nitrogens with zero attached hydrogens (tertiary/aromatic N) is 1. The molecule has 0 aromatic heterocycles. The van der Waals surface area contributed by atoms with Crippen LogP contribution < -0.4 is 4.90 Å². The van der Waals surface area contributed by atoms with Gasteiger partial charge in [-0.1, -0.05) is 32.0 Å². The second-order valence-electron chi connectivity index (χ2n) is 7.60. The molecule has 4 nitrogen and oxygen atoms in total. The Morgan fingerprint density at radius 1 is 1.27 bits per heavy atom. The molecule has 2 bridgehead atoms. The normalized spacial score (nSPS) is 48.0. The molecule has 2 aliphatic heterocycles. The molecule has 4 aliphatic rings. The van der Waals surface area contributed by atoms with Crippen molar-refractivity contribution in [3.8, 4) is 0 Å². The van der Waals surface area contributed by atoms with E-state index in [1.807, 2.05) is 35.2 Å². The van der Waals surface area contributed by atoms with E-state index in [-0.39, 0.29) is 35.7 Å². The van der Waals surface area contributed by atoms with Gasteiger partial charge in [-0.25, -0.2) is 0 Å². The molecule has 7 unspecified atom stereocenters. The number of para-hydroxylation sites is 1. The van der Waals surface area contributed by atoms with Crippen LogP contribution >= 0.6 is 0 Å². The van der Waals surface area contributed by atoms with Crippen LogP contribution in [0.4, 0.5) is 5.69 Å². The lowest BCUT2D eigenvalue weighted by atomic mass is 9.74. The van der Waals surface area contributed by atoms with Gasteiger partial charge < -0.3 is 9.84 Å². The van der Waals surface area contributed by atoms with Crippen molar-refractivity contribution in [2.45, 2.75) is 38.2 Å². The first-order valence-electron chi connectivity index (χ1n) is 8.32. The highest BCUT2D eigenvalue weighted by atomic mass is 16.6. The molecule has 1 N–H and O–H groups in total. The van der Waals surface area contributed by atoms with Gasteiger partial charge in [0.25, 0.3) is 0 Å². The Kier molecular flexibility index (Phi) is 2.33. The summed E-state index contributed by atoms with van der Waals surface area (Å²) in [6, 6.07) is 9.87. The summed E-state index contributed by atoms with van der Waals surface area (Å²) in [6.45, 7) is 4.27. The van der Waals surface area contributed by atoms with E-state index >= 15 is 0 Å². The zero-order chi connectivity index (χ0) is 15.2. The Morgan fingerprint density at radius 2 is 2.00 bits per heavy atom. The van der Waals surface area contributed by atoms with Crippen molar-refractivity contribution < 1.29 is 14.6 Å². The molecule has 2 saturated carbocycles. The molecule has 116 valence electrons. The number of aliphatic hydroxyl groups is 1. The van der Waals surface area contributed by atoms with Crippen LogP contribution in [-0.2, 0) is 9.53 Å². The standard InChI is InChI=1S/C18H21NO3/c1-9(2)18-14-12-8-11(15(20)16(12)22-18)13(14)17(21)19(18)10-6-4-3-5-7-10/h3-7,9,11-16,20H,8H2,1-2H3. The fourth-order valence-electron chi connectivity index (χ4n) is 5.89. The first-order chi connectivity index (χ1) is 10.6. The number of fused-ring (bicyclic) bond motifs is 2. The van der Waals surface area contributed by atoms with Crippen molar-refractivity contribution >= 4 is 11.6 Å². The van der Waals surface area contributed by atoms with Crippen molar-refractivity contribution in [3.05, 3.63) is 30.3 Å². The van der Waals surface area contributed by atoms with Gasteiger partial charge in [0.15, 0.2) is 5.72 Å². The Bertz CT molecular complexity index is 645. The Morgan fingerprint density at radius 3 is 2.68 bits per heavy atom. The average molecular weight is 299 g/mol. The van der Waals surface area contributed by atoms with E-state index in [1.165, 1.54) is 0 Å². The summed E-state index contributed by atoms with van der Waals surface area (Å²) in [4.78, 5) is 15.1. The molecule has 4 heteroatoms. The van der Waals surface area contributed by atoms with Gasteiger partial charge in [-0.15, -0.1) is 0 Å². The van der Waals surface area contributed by atoms with E-state index in [1.54, 1.807) is 0 Å². The third kappa shape index (κ3) is 1.19. The van der Waals surface area contributed by atoms with E-state index in [9.17, 15) is 9.90 Å². The van der Waals surface area contributed by atoms with Crippen LogP contribution in [0, 0.1) is 29.6 Å². The van der Waals surface area contributed by atoms with E-state index in [4.69, 9.17) is 4.74 Å². The lowest BCUT2D eigenvalue weighted by Gasteiger charge is -2.42. The van der Waals surface area contributed by atoms with Crippen LogP contribution in [0.1, 0.15) is 20.3 Å². The summed E-state index contributed by atoms with van der Waals surface area (Å²) in [5, 5.41) is 10.5. The predicted molar refractivity (Wildman–Crippen MR) is 81.0 cm³/mol. The number of amides is 1. The number of carbonyl (C=O) groups is 1. The van der Waals surface area contributed by atoms with Gasteiger partial charge in [-0.05, 0) is 30.4 Å². The smallest absolute Gasteiger partial charge is 0.233 e. The van der Waals surface area contributed by atoms with Crippen LogP contribution in [0.25, 0.3) is 0 Å². The molecular weight excluding hydrogens is 278 g/mol. The molecule has 7 atom stereocenters. The Balaban J connectivity index is 1.71. The molecule has 5 rings (SSSR count). The number of rotatable bonds is 2. The highest BCUT2D eigenvalue weighted by molar-refractivity contribution is 6.00. The summed E-state index contributed by atoms with van der Waals surface area (Å²) < 4.78 is 6.48. The topological polar surface area (TPSA) is 49.8 Å². The van der Waals surface area contributed by atoms with Gasteiger partial charge in [0.1, 0.15) is 0 Å². The Hall–Kier alpha value is -1.39. The van der Waals surface area contributed by atoms with Gasteiger partial charge >= 0.3 is 0 Å². The SMILES string of the molecule is CC(C)C12OC3C(O)C4CC3C1C4C(=O)N2c1ccccc1. The van der Waals surface area contributed by atoms with Crippen molar-refractivity contribution in [1.29, 1.82) is 0 Å². The minimum atomic E-state index is -0.579. The fourth-order valence-corrected chi connectivity index (χ4v) is 5.89. The van der Waals surface area contributed by atoms with Gasteiger partial charge in [0.2, 0.25) is 5.91 Å². The lowest BCUT2D eigenvalue weighted by molar-refractivity contribution is -0.136. The summed E-state index contributed by atoms with van der Waals surface area (Å²) in [6.07, 6.45) is 0.394. The van der Waals surface area contributed by atoms with Crippen LogP contribution in [0.15, 0.2) is 30.3 Å². The molecule has 2 saturated heterocycles. The van der Waals surface area contributed by atoms with E-state index in [0.717, 1.165) is 12.1 Å². The van der Waals surface area contributed by atoms with Crippen LogP contribution in [0.2, 0.25) is 0 Å². The minimum Gasteiger partial charge on any atom is -0.390 e. The number of hydrogen-bond donors (Lipinski definition) is 1. The van der Waals surface area contributed by atoms with Gasteiger partial charge in [-0.3, -0.25) is 9.69 Å². The molecule has 0 spiro atoms. The van der Waals surface area contributed by atoms with Crippen LogP contribution in [0.3, 0.4) is 0 Å². The number of hydrogen-bond acceptors (Lipinski definition) is 3.